The van der Waals surface area contributed by atoms with Crippen molar-refractivity contribution in [3.63, 3.8) is 0 Å². The summed E-state index contributed by atoms with van der Waals surface area (Å²) in [4.78, 5) is 2.38. The molecule has 88 valence electrons. The van der Waals surface area contributed by atoms with E-state index in [4.69, 9.17) is 5.11 Å². The molecule has 1 aliphatic rings. The predicted octanol–water partition coefficient (Wildman–Crippen LogP) is 2.44. The molecule has 0 radical (unpaired) electrons. The maximum atomic E-state index is 9.04. The van der Waals surface area contributed by atoms with E-state index < -0.39 is 0 Å². The Labute approximate surface area is 94.0 Å². The van der Waals surface area contributed by atoms with Crippen molar-refractivity contribution >= 4 is 0 Å². The number of aliphatic hydroxyl groups excluding tert-OH is 1. The first kappa shape index (κ1) is 12.7. The number of hydrogen-bond donors (Lipinski definition) is 1. The lowest BCUT2D eigenvalue weighted by atomic mass is 9.83. The normalized spacial score (nSPS) is 26.9. The highest BCUT2D eigenvalue weighted by atomic mass is 16.3. The Balaban J connectivity index is 2.46. The van der Waals surface area contributed by atoms with Gasteiger partial charge >= 0.3 is 0 Å². The molecule has 0 spiro atoms. The Hall–Kier alpha value is -0.340. The molecule has 2 nitrogen and oxygen atoms in total. The van der Waals surface area contributed by atoms with Gasteiger partial charge in [0.05, 0.1) is 6.61 Å². The third-order valence-electron chi connectivity index (χ3n) is 3.60. The number of hydrogen-bond acceptors (Lipinski definition) is 2. The van der Waals surface area contributed by atoms with Crippen LogP contribution in [0.1, 0.15) is 39.0 Å². The lowest BCUT2D eigenvalue weighted by Gasteiger charge is -2.36. The van der Waals surface area contributed by atoms with Gasteiger partial charge in [0, 0.05) is 19.1 Å². The second-order valence-electron chi connectivity index (χ2n) is 4.60. The third kappa shape index (κ3) is 3.96. The van der Waals surface area contributed by atoms with Gasteiger partial charge in [0.25, 0.3) is 0 Å². The van der Waals surface area contributed by atoms with Gasteiger partial charge in [-0.2, -0.15) is 0 Å². The van der Waals surface area contributed by atoms with E-state index in [1.807, 2.05) is 6.08 Å². The van der Waals surface area contributed by atoms with Gasteiger partial charge in [0.15, 0.2) is 0 Å². The van der Waals surface area contributed by atoms with E-state index in [0.29, 0.717) is 6.04 Å². The van der Waals surface area contributed by atoms with Crippen LogP contribution in [0.4, 0.5) is 0 Å². The zero-order valence-electron chi connectivity index (χ0n) is 9.99. The first-order valence-corrected chi connectivity index (χ1v) is 6.27. The van der Waals surface area contributed by atoms with Crippen molar-refractivity contribution in [1.29, 1.82) is 0 Å². The van der Waals surface area contributed by atoms with Crippen molar-refractivity contribution in [3.8, 4) is 0 Å². The van der Waals surface area contributed by atoms with Gasteiger partial charge in [-0.3, -0.25) is 4.90 Å². The molecule has 1 saturated carbocycles. The zero-order valence-corrected chi connectivity index (χ0v) is 9.99. The van der Waals surface area contributed by atoms with Crippen LogP contribution in [-0.2, 0) is 0 Å². The third-order valence-corrected chi connectivity index (χ3v) is 3.60. The largest absolute Gasteiger partial charge is 0.395 e. The second kappa shape index (κ2) is 7.02. The van der Waals surface area contributed by atoms with Crippen LogP contribution < -0.4 is 0 Å². The molecule has 0 aliphatic heterocycles. The smallest absolute Gasteiger partial charge is 0.0558 e. The highest BCUT2D eigenvalue weighted by Gasteiger charge is 2.24. The van der Waals surface area contributed by atoms with Crippen LogP contribution in [0.25, 0.3) is 0 Å². The van der Waals surface area contributed by atoms with Crippen molar-refractivity contribution in [1.82, 2.24) is 4.90 Å². The van der Waals surface area contributed by atoms with Crippen LogP contribution in [0, 0.1) is 5.92 Å². The zero-order chi connectivity index (χ0) is 11.1. The highest BCUT2D eigenvalue weighted by molar-refractivity contribution is 4.83. The molecule has 0 bridgehead atoms. The van der Waals surface area contributed by atoms with Gasteiger partial charge in [0.1, 0.15) is 0 Å². The van der Waals surface area contributed by atoms with Crippen LogP contribution in [-0.4, -0.2) is 35.7 Å². The molecule has 2 heteroatoms. The van der Waals surface area contributed by atoms with Crippen LogP contribution in [0.2, 0.25) is 0 Å². The molecule has 2 atom stereocenters. The first-order chi connectivity index (χ1) is 7.31. The molecule has 0 saturated heterocycles. The Morgan fingerprint density at radius 3 is 2.87 bits per heavy atom. The van der Waals surface area contributed by atoms with E-state index in [2.05, 4.69) is 18.4 Å². The molecular weight excluding hydrogens is 186 g/mol. The fraction of sp³-hybridized carbons (Fsp3) is 0.846. The number of aliphatic hydroxyl groups is 1. The van der Waals surface area contributed by atoms with Crippen molar-refractivity contribution in [2.45, 2.75) is 45.1 Å². The summed E-state index contributed by atoms with van der Waals surface area (Å²) < 4.78 is 0. The van der Waals surface area contributed by atoms with Gasteiger partial charge in [0.2, 0.25) is 0 Å². The minimum atomic E-state index is 0.265. The molecule has 0 aromatic rings. The highest BCUT2D eigenvalue weighted by Crippen LogP contribution is 2.29. The van der Waals surface area contributed by atoms with Crippen LogP contribution in [0.15, 0.2) is 12.7 Å². The van der Waals surface area contributed by atoms with E-state index in [0.717, 1.165) is 19.0 Å². The SMILES string of the molecule is C=CCN(CCO)C1CCCC(CC)C1. The number of nitrogens with zero attached hydrogens (tertiary/aromatic N) is 1. The summed E-state index contributed by atoms with van der Waals surface area (Å²) in [6.45, 7) is 8.06. The molecule has 2 unspecified atom stereocenters. The van der Waals surface area contributed by atoms with Crippen molar-refractivity contribution in [2.24, 2.45) is 5.92 Å². The summed E-state index contributed by atoms with van der Waals surface area (Å²) in [5.41, 5.74) is 0. The lowest BCUT2D eigenvalue weighted by Crippen LogP contribution is -2.40. The van der Waals surface area contributed by atoms with Gasteiger partial charge < -0.3 is 5.11 Å². The van der Waals surface area contributed by atoms with E-state index in [1.165, 1.54) is 32.1 Å². The molecule has 0 aromatic carbocycles. The molecule has 1 N–H and O–H groups in total. The molecule has 1 fully saturated rings. The maximum Gasteiger partial charge on any atom is 0.0558 e. The van der Waals surface area contributed by atoms with E-state index in [1.54, 1.807) is 0 Å². The minimum absolute atomic E-state index is 0.265. The van der Waals surface area contributed by atoms with Gasteiger partial charge in [-0.25, -0.2) is 0 Å². The summed E-state index contributed by atoms with van der Waals surface area (Å²) in [7, 11) is 0. The molecule has 0 aromatic heterocycles. The quantitative estimate of drug-likeness (QED) is 0.682. The lowest BCUT2D eigenvalue weighted by molar-refractivity contribution is 0.116. The van der Waals surface area contributed by atoms with Crippen LogP contribution >= 0.6 is 0 Å². The molecule has 1 aliphatic carbocycles. The Morgan fingerprint density at radius 1 is 1.47 bits per heavy atom. The van der Waals surface area contributed by atoms with E-state index >= 15 is 0 Å². The molecule has 15 heavy (non-hydrogen) atoms. The van der Waals surface area contributed by atoms with Gasteiger partial charge in [-0.15, -0.1) is 6.58 Å². The standard InChI is InChI=1S/C13H25NO/c1-3-8-14(9-10-15)13-7-5-6-12(4-2)11-13/h3,12-13,15H,1,4-11H2,2H3. The number of rotatable bonds is 6. The fourth-order valence-electron chi connectivity index (χ4n) is 2.68. The topological polar surface area (TPSA) is 23.5 Å². The predicted molar refractivity (Wildman–Crippen MR) is 64.9 cm³/mol. The molecule has 0 heterocycles. The molecular formula is C13H25NO. The average molecular weight is 211 g/mol. The summed E-state index contributed by atoms with van der Waals surface area (Å²) in [5, 5.41) is 9.04. The Kier molecular flexibility index (Phi) is 5.96. The van der Waals surface area contributed by atoms with Crippen LogP contribution in [0.3, 0.4) is 0 Å². The summed E-state index contributed by atoms with van der Waals surface area (Å²) in [5.74, 6) is 0.898. The first-order valence-electron chi connectivity index (χ1n) is 6.27. The van der Waals surface area contributed by atoms with Crippen LogP contribution in [0.5, 0.6) is 0 Å². The Morgan fingerprint density at radius 2 is 2.27 bits per heavy atom. The monoisotopic (exact) mass is 211 g/mol. The van der Waals surface area contributed by atoms with Gasteiger partial charge in [-0.1, -0.05) is 32.3 Å². The van der Waals surface area contributed by atoms with Crippen molar-refractivity contribution in [2.75, 3.05) is 19.7 Å². The summed E-state index contributed by atoms with van der Waals surface area (Å²) >= 11 is 0. The second-order valence-corrected chi connectivity index (χ2v) is 4.60. The molecule has 0 amide bonds. The van der Waals surface area contributed by atoms with Gasteiger partial charge in [-0.05, 0) is 18.8 Å². The average Bonchev–Trinajstić information content (AvgIpc) is 2.29. The van der Waals surface area contributed by atoms with E-state index in [-0.39, 0.29) is 6.61 Å². The maximum absolute atomic E-state index is 9.04. The summed E-state index contributed by atoms with van der Waals surface area (Å²) in [6, 6.07) is 0.675. The fourth-order valence-corrected chi connectivity index (χ4v) is 2.68. The minimum Gasteiger partial charge on any atom is -0.395 e. The van der Waals surface area contributed by atoms with Crippen molar-refractivity contribution < 1.29 is 5.11 Å². The Bertz CT molecular complexity index is 181. The summed E-state index contributed by atoms with van der Waals surface area (Å²) in [6.07, 6.45) is 8.60. The van der Waals surface area contributed by atoms with E-state index in [9.17, 15) is 0 Å². The molecule has 1 rings (SSSR count). The van der Waals surface area contributed by atoms with Crippen molar-refractivity contribution in [3.05, 3.63) is 12.7 Å².